The molecular weight excluding hydrogens is 316 g/mol. The molecule has 128 valence electrons. The lowest BCUT2D eigenvalue weighted by molar-refractivity contribution is -0.142. The van der Waals surface area contributed by atoms with Crippen LogP contribution in [0.25, 0.3) is 0 Å². The van der Waals surface area contributed by atoms with E-state index in [0.29, 0.717) is 5.17 Å². The van der Waals surface area contributed by atoms with E-state index < -0.39 is 23.6 Å². The maximum Gasteiger partial charge on any atom is 0.317 e. The van der Waals surface area contributed by atoms with Crippen molar-refractivity contribution in [2.75, 3.05) is 13.1 Å². The molecule has 0 bridgehead atoms. The van der Waals surface area contributed by atoms with E-state index in [1.54, 1.807) is 0 Å². The van der Waals surface area contributed by atoms with Crippen molar-refractivity contribution in [3.05, 3.63) is 12.2 Å². The van der Waals surface area contributed by atoms with Gasteiger partial charge in [-0.15, -0.1) is 0 Å². The zero-order valence-electron chi connectivity index (χ0n) is 13.2. The zero-order valence-corrected chi connectivity index (χ0v) is 14.0. The quantitative estimate of drug-likeness (QED) is 0.454. The van der Waals surface area contributed by atoms with Crippen molar-refractivity contribution >= 4 is 28.9 Å². The molecule has 0 spiro atoms. The molecular formula is C16H24N2O4S. The normalized spacial score (nSPS) is 23.6. The summed E-state index contributed by atoms with van der Waals surface area (Å²) in [6, 6.07) is 0.0763. The molecule has 0 unspecified atom stereocenters. The number of piperidine rings is 1. The van der Waals surface area contributed by atoms with Gasteiger partial charge in [0.1, 0.15) is 5.25 Å². The Morgan fingerprint density at radius 3 is 2.52 bits per heavy atom. The first-order valence-electron chi connectivity index (χ1n) is 8.17. The molecule has 1 heterocycles. The van der Waals surface area contributed by atoms with Crippen LogP contribution >= 0.6 is 11.8 Å². The second kappa shape index (κ2) is 8.96. The van der Waals surface area contributed by atoms with Crippen LogP contribution in [-0.4, -0.2) is 56.6 Å². The van der Waals surface area contributed by atoms with Crippen molar-refractivity contribution in [2.24, 2.45) is 4.99 Å². The van der Waals surface area contributed by atoms with Gasteiger partial charge in [-0.2, -0.15) is 0 Å². The predicted octanol–water partition coefficient (Wildman–Crippen LogP) is 2.60. The van der Waals surface area contributed by atoms with Crippen molar-refractivity contribution in [3.8, 4) is 0 Å². The van der Waals surface area contributed by atoms with Gasteiger partial charge in [0.15, 0.2) is 5.17 Å². The highest BCUT2D eigenvalue weighted by atomic mass is 32.2. The number of aliphatic imine (C=N–C) groups is 1. The van der Waals surface area contributed by atoms with Gasteiger partial charge in [0.25, 0.3) is 0 Å². The van der Waals surface area contributed by atoms with Crippen LogP contribution in [0.4, 0.5) is 0 Å². The molecule has 2 atom stereocenters. The van der Waals surface area contributed by atoms with Crippen molar-refractivity contribution in [2.45, 2.75) is 56.2 Å². The van der Waals surface area contributed by atoms with Gasteiger partial charge in [-0.3, -0.25) is 14.6 Å². The summed E-state index contributed by atoms with van der Waals surface area (Å²) in [5.74, 6) is -2.19. The number of carbonyl (C=O) groups is 2. The minimum absolute atomic E-state index is 0.0763. The van der Waals surface area contributed by atoms with Gasteiger partial charge < -0.3 is 15.1 Å². The first kappa shape index (κ1) is 17.8. The molecule has 0 amide bonds. The Balaban J connectivity index is 2.15. The molecule has 0 saturated carbocycles. The van der Waals surface area contributed by atoms with Gasteiger partial charge in [-0.1, -0.05) is 23.9 Å². The van der Waals surface area contributed by atoms with Crippen molar-refractivity contribution < 1.29 is 19.8 Å². The molecule has 0 aromatic heterocycles. The number of thioether (sulfide) groups is 1. The summed E-state index contributed by atoms with van der Waals surface area (Å²) in [5, 5.41) is 17.9. The second-order valence-electron chi connectivity index (χ2n) is 5.93. The molecule has 1 saturated heterocycles. The van der Waals surface area contributed by atoms with Gasteiger partial charge in [-0.25, -0.2) is 0 Å². The highest BCUT2D eigenvalue weighted by molar-refractivity contribution is 8.14. The third-order valence-electron chi connectivity index (χ3n) is 4.01. The minimum Gasteiger partial charge on any atom is -0.481 e. The summed E-state index contributed by atoms with van der Waals surface area (Å²) in [5.41, 5.74) is 0. The van der Waals surface area contributed by atoms with Crippen LogP contribution in [0.5, 0.6) is 0 Å². The van der Waals surface area contributed by atoms with Crippen LogP contribution in [0.2, 0.25) is 0 Å². The number of carboxylic acids is 2. The van der Waals surface area contributed by atoms with Crippen molar-refractivity contribution in [1.29, 1.82) is 0 Å². The summed E-state index contributed by atoms with van der Waals surface area (Å²) in [7, 11) is 0. The van der Waals surface area contributed by atoms with E-state index in [-0.39, 0.29) is 6.04 Å². The van der Waals surface area contributed by atoms with E-state index >= 15 is 0 Å². The van der Waals surface area contributed by atoms with Gasteiger partial charge in [0.2, 0.25) is 0 Å². The number of allylic oxidation sites excluding steroid dienone is 1. The average molecular weight is 340 g/mol. The maximum absolute atomic E-state index is 11.4. The number of rotatable bonds is 5. The van der Waals surface area contributed by atoms with Gasteiger partial charge in [0, 0.05) is 13.1 Å². The molecule has 6 nitrogen and oxygen atoms in total. The van der Waals surface area contributed by atoms with Crippen molar-refractivity contribution in [3.63, 3.8) is 0 Å². The first-order chi connectivity index (χ1) is 11.1. The Kier molecular flexibility index (Phi) is 6.95. The molecule has 1 fully saturated rings. The minimum atomic E-state index is -1.10. The standard InChI is InChI=1S/C16H24N2O4S/c19-14(20)11-13(15(21)22)23-16(18-9-5-2-6-10-18)17-12-7-3-1-4-8-12/h3,7,12-13H,1-2,4-6,8-11H2,(H,19,20)(H,21,22)/t12-,13+/m1/s1. The van der Waals surface area contributed by atoms with Crippen LogP contribution in [0.3, 0.4) is 0 Å². The summed E-state index contributed by atoms with van der Waals surface area (Å²) in [6.45, 7) is 1.73. The molecule has 2 aliphatic rings. The highest BCUT2D eigenvalue weighted by Gasteiger charge is 2.27. The Labute approximate surface area is 140 Å². The smallest absolute Gasteiger partial charge is 0.317 e. The van der Waals surface area contributed by atoms with Gasteiger partial charge in [-0.05, 0) is 38.5 Å². The number of nitrogens with zero attached hydrogens (tertiary/aromatic N) is 2. The van der Waals surface area contributed by atoms with Crippen LogP contribution in [0, 0.1) is 0 Å². The molecule has 23 heavy (non-hydrogen) atoms. The summed E-state index contributed by atoms with van der Waals surface area (Å²) in [4.78, 5) is 29.2. The van der Waals surface area contributed by atoms with E-state index in [4.69, 9.17) is 10.1 Å². The third kappa shape index (κ3) is 5.89. The molecule has 2 N–H and O–H groups in total. The maximum atomic E-state index is 11.4. The number of amidine groups is 1. The predicted molar refractivity (Wildman–Crippen MR) is 90.9 cm³/mol. The largest absolute Gasteiger partial charge is 0.481 e. The SMILES string of the molecule is O=C(O)C[C@H](SC(=N[C@@H]1C=CCCC1)N1CCCCC1)C(=O)O. The molecule has 2 rings (SSSR count). The van der Waals surface area contributed by atoms with Crippen LogP contribution in [-0.2, 0) is 9.59 Å². The zero-order chi connectivity index (χ0) is 16.7. The van der Waals surface area contributed by atoms with E-state index in [1.807, 2.05) is 0 Å². The molecule has 0 aromatic carbocycles. The molecule has 0 aromatic rings. The molecule has 0 radical (unpaired) electrons. The fourth-order valence-corrected chi connectivity index (χ4v) is 3.89. The fourth-order valence-electron chi connectivity index (χ4n) is 2.78. The average Bonchev–Trinajstić information content (AvgIpc) is 2.54. The Morgan fingerprint density at radius 1 is 1.22 bits per heavy atom. The first-order valence-corrected chi connectivity index (χ1v) is 9.05. The lowest BCUT2D eigenvalue weighted by atomic mass is 10.0. The van der Waals surface area contributed by atoms with Gasteiger partial charge in [0.05, 0.1) is 12.5 Å². The number of aliphatic carboxylic acids is 2. The Bertz CT molecular complexity index is 486. The second-order valence-corrected chi connectivity index (χ2v) is 7.10. The highest BCUT2D eigenvalue weighted by Crippen LogP contribution is 2.25. The summed E-state index contributed by atoms with van der Waals surface area (Å²) in [6.07, 6.45) is 10.2. The third-order valence-corrected chi connectivity index (χ3v) is 5.24. The van der Waals surface area contributed by atoms with Crippen LogP contribution < -0.4 is 0 Å². The lowest BCUT2D eigenvalue weighted by Crippen LogP contribution is -2.37. The summed E-state index contributed by atoms with van der Waals surface area (Å²) < 4.78 is 0. The van der Waals surface area contributed by atoms with Crippen LogP contribution in [0.15, 0.2) is 17.1 Å². The molecule has 1 aliphatic heterocycles. The van der Waals surface area contributed by atoms with E-state index in [0.717, 1.165) is 57.0 Å². The van der Waals surface area contributed by atoms with Crippen LogP contribution in [0.1, 0.15) is 44.9 Å². The topological polar surface area (TPSA) is 90.2 Å². The molecule has 1 aliphatic carbocycles. The number of hydrogen-bond acceptors (Lipinski definition) is 4. The fraction of sp³-hybridized carbons (Fsp3) is 0.688. The van der Waals surface area contributed by atoms with Gasteiger partial charge >= 0.3 is 11.9 Å². The summed E-state index contributed by atoms with van der Waals surface area (Å²) >= 11 is 1.09. The van der Waals surface area contributed by atoms with E-state index in [1.165, 1.54) is 6.42 Å². The molecule has 7 heteroatoms. The number of hydrogen-bond donors (Lipinski definition) is 2. The Hall–Kier alpha value is -1.50. The van der Waals surface area contributed by atoms with E-state index in [2.05, 4.69) is 17.1 Å². The lowest BCUT2D eigenvalue weighted by Gasteiger charge is -2.31. The number of likely N-dealkylation sites (tertiary alicyclic amines) is 1. The Morgan fingerprint density at radius 2 is 1.96 bits per heavy atom. The monoisotopic (exact) mass is 340 g/mol. The number of carboxylic acid groups (broad SMARTS) is 2. The van der Waals surface area contributed by atoms with Crippen molar-refractivity contribution in [1.82, 2.24) is 4.90 Å². The van der Waals surface area contributed by atoms with E-state index in [9.17, 15) is 14.7 Å².